The van der Waals surface area contributed by atoms with Gasteiger partial charge in [0, 0.05) is 37.0 Å². The second-order valence-electron chi connectivity index (χ2n) is 4.97. The van der Waals surface area contributed by atoms with Gasteiger partial charge in [0.2, 0.25) is 0 Å². The second-order valence-corrected chi connectivity index (χ2v) is 4.97. The molecule has 0 aromatic heterocycles. The zero-order valence-corrected chi connectivity index (χ0v) is 11.3. The number of non-ortho nitro benzene ring substituents is 1. The minimum absolute atomic E-state index is 0.169. The van der Waals surface area contributed by atoms with Gasteiger partial charge in [-0.1, -0.05) is 13.0 Å². The van der Waals surface area contributed by atoms with Crippen molar-refractivity contribution in [3.8, 4) is 0 Å². The first-order valence-electron chi connectivity index (χ1n) is 6.94. The van der Waals surface area contributed by atoms with E-state index in [1.807, 2.05) is 6.07 Å². The van der Waals surface area contributed by atoms with Gasteiger partial charge in [0.25, 0.3) is 5.69 Å². The van der Waals surface area contributed by atoms with Crippen LogP contribution < -0.4 is 10.2 Å². The third kappa shape index (κ3) is 3.44. The third-order valence-electron chi connectivity index (χ3n) is 3.55. The number of anilines is 1. The summed E-state index contributed by atoms with van der Waals surface area (Å²) in [6.45, 7) is 5.11. The maximum absolute atomic E-state index is 10.9. The van der Waals surface area contributed by atoms with Crippen molar-refractivity contribution in [2.24, 2.45) is 0 Å². The van der Waals surface area contributed by atoms with Gasteiger partial charge in [-0.15, -0.1) is 0 Å². The molecule has 0 aliphatic carbocycles. The quantitative estimate of drug-likeness (QED) is 0.655. The summed E-state index contributed by atoms with van der Waals surface area (Å²) in [6.07, 6.45) is 3.36. The van der Waals surface area contributed by atoms with E-state index in [0.29, 0.717) is 6.04 Å². The Morgan fingerprint density at radius 2 is 2.37 bits per heavy atom. The molecule has 1 aromatic rings. The predicted octanol–water partition coefficient (Wildman–Crippen LogP) is 2.56. The molecule has 0 saturated carbocycles. The Labute approximate surface area is 113 Å². The van der Waals surface area contributed by atoms with E-state index in [-0.39, 0.29) is 10.6 Å². The predicted molar refractivity (Wildman–Crippen MR) is 76.6 cm³/mol. The highest BCUT2D eigenvalue weighted by Crippen LogP contribution is 2.25. The van der Waals surface area contributed by atoms with E-state index in [0.717, 1.165) is 38.2 Å². The van der Waals surface area contributed by atoms with Crippen molar-refractivity contribution in [1.82, 2.24) is 5.32 Å². The lowest BCUT2D eigenvalue weighted by molar-refractivity contribution is -0.384. The molecule has 1 aromatic carbocycles. The van der Waals surface area contributed by atoms with Crippen molar-refractivity contribution in [3.63, 3.8) is 0 Å². The molecule has 1 saturated heterocycles. The Kier molecular flexibility index (Phi) is 4.74. The molecule has 19 heavy (non-hydrogen) atoms. The molecule has 1 aliphatic heterocycles. The van der Waals surface area contributed by atoms with Crippen molar-refractivity contribution in [1.29, 1.82) is 0 Å². The molecule has 5 heteroatoms. The average Bonchev–Trinajstić information content (AvgIpc) is 2.46. The normalized spacial score (nSPS) is 19.1. The molecule has 0 radical (unpaired) electrons. The highest BCUT2D eigenvalue weighted by molar-refractivity contribution is 5.54. The van der Waals surface area contributed by atoms with Crippen LogP contribution in [-0.2, 0) is 0 Å². The van der Waals surface area contributed by atoms with Gasteiger partial charge < -0.3 is 10.2 Å². The highest BCUT2D eigenvalue weighted by Gasteiger charge is 2.21. The Balaban J connectivity index is 2.22. The van der Waals surface area contributed by atoms with Crippen LogP contribution in [-0.4, -0.2) is 30.6 Å². The molecular formula is C14H21N3O2. The molecule has 5 nitrogen and oxygen atoms in total. The van der Waals surface area contributed by atoms with Gasteiger partial charge in [-0.25, -0.2) is 0 Å². The molecule has 0 bridgehead atoms. The molecule has 2 rings (SSSR count). The fourth-order valence-electron chi connectivity index (χ4n) is 2.65. The van der Waals surface area contributed by atoms with Gasteiger partial charge in [0.05, 0.1) is 4.92 Å². The maximum Gasteiger partial charge on any atom is 0.271 e. The van der Waals surface area contributed by atoms with Crippen LogP contribution in [0.4, 0.5) is 11.4 Å². The molecule has 104 valence electrons. The van der Waals surface area contributed by atoms with Crippen LogP contribution in [0.25, 0.3) is 0 Å². The first-order chi connectivity index (χ1) is 9.22. The van der Waals surface area contributed by atoms with Gasteiger partial charge in [-0.2, -0.15) is 0 Å². The van der Waals surface area contributed by atoms with Crippen LogP contribution in [0, 0.1) is 10.1 Å². The molecule has 0 amide bonds. The first kappa shape index (κ1) is 13.8. The van der Waals surface area contributed by atoms with Crippen LogP contribution in [0.2, 0.25) is 0 Å². The topological polar surface area (TPSA) is 58.4 Å². The fraction of sp³-hybridized carbons (Fsp3) is 0.571. The molecule has 1 unspecified atom stereocenters. The van der Waals surface area contributed by atoms with Gasteiger partial charge in [-0.05, 0) is 31.9 Å². The van der Waals surface area contributed by atoms with E-state index < -0.39 is 0 Å². The number of piperidine rings is 1. The van der Waals surface area contributed by atoms with E-state index in [2.05, 4.69) is 17.1 Å². The summed E-state index contributed by atoms with van der Waals surface area (Å²) in [7, 11) is 0. The maximum atomic E-state index is 10.9. The minimum Gasteiger partial charge on any atom is -0.367 e. The standard InChI is InChI=1S/C14H21N3O2/c1-2-9-16(14-7-4-8-15-11-14)12-5-3-6-13(10-12)17(18)19/h3,5-6,10,14-15H,2,4,7-9,11H2,1H3. The largest absolute Gasteiger partial charge is 0.367 e. The summed E-state index contributed by atoms with van der Waals surface area (Å²) >= 11 is 0. The molecule has 1 aliphatic rings. The van der Waals surface area contributed by atoms with Crippen LogP contribution in [0.1, 0.15) is 26.2 Å². The smallest absolute Gasteiger partial charge is 0.271 e. The molecule has 1 fully saturated rings. The Morgan fingerprint density at radius 1 is 1.53 bits per heavy atom. The SMILES string of the molecule is CCCN(c1cccc([N+](=O)[O-])c1)C1CCCNC1. The summed E-state index contributed by atoms with van der Waals surface area (Å²) < 4.78 is 0. The number of nitrogens with one attached hydrogen (secondary N) is 1. The van der Waals surface area contributed by atoms with E-state index in [9.17, 15) is 10.1 Å². The number of hydrogen-bond donors (Lipinski definition) is 1. The second kappa shape index (κ2) is 6.52. The average molecular weight is 263 g/mol. The summed E-state index contributed by atoms with van der Waals surface area (Å²) in [6, 6.07) is 7.41. The first-order valence-corrected chi connectivity index (χ1v) is 6.94. The summed E-state index contributed by atoms with van der Waals surface area (Å²) in [4.78, 5) is 12.9. The lowest BCUT2D eigenvalue weighted by Crippen LogP contribution is -2.46. The number of nitro groups is 1. The van der Waals surface area contributed by atoms with Gasteiger partial charge >= 0.3 is 0 Å². The molecular weight excluding hydrogens is 242 g/mol. The monoisotopic (exact) mass is 263 g/mol. The van der Waals surface area contributed by atoms with E-state index in [4.69, 9.17) is 0 Å². The molecule has 1 N–H and O–H groups in total. The van der Waals surface area contributed by atoms with Crippen molar-refractivity contribution in [2.45, 2.75) is 32.2 Å². The van der Waals surface area contributed by atoms with Crippen LogP contribution >= 0.6 is 0 Å². The van der Waals surface area contributed by atoms with E-state index in [1.54, 1.807) is 18.2 Å². The van der Waals surface area contributed by atoms with Gasteiger partial charge in [0.15, 0.2) is 0 Å². The van der Waals surface area contributed by atoms with Crippen molar-refractivity contribution in [3.05, 3.63) is 34.4 Å². The zero-order chi connectivity index (χ0) is 13.7. The van der Waals surface area contributed by atoms with Crippen molar-refractivity contribution in [2.75, 3.05) is 24.5 Å². The summed E-state index contributed by atoms with van der Waals surface area (Å²) in [5, 5.41) is 14.3. The number of benzene rings is 1. The minimum atomic E-state index is -0.327. The van der Waals surface area contributed by atoms with Gasteiger partial charge in [0.1, 0.15) is 0 Å². The molecule has 1 atom stereocenters. The third-order valence-corrected chi connectivity index (χ3v) is 3.55. The molecule has 1 heterocycles. The van der Waals surface area contributed by atoms with Crippen LogP contribution in [0.3, 0.4) is 0 Å². The number of hydrogen-bond acceptors (Lipinski definition) is 4. The van der Waals surface area contributed by atoms with Crippen LogP contribution in [0.5, 0.6) is 0 Å². The number of rotatable bonds is 5. The Hall–Kier alpha value is -1.62. The van der Waals surface area contributed by atoms with Gasteiger partial charge in [-0.3, -0.25) is 10.1 Å². The summed E-state index contributed by atoms with van der Waals surface area (Å²) in [5.74, 6) is 0. The van der Waals surface area contributed by atoms with Crippen LogP contribution in [0.15, 0.2) is 24.3 Å². The Morgan fingerprint density at radius 3 is 3.00 bits per heavy atom. The van der Waals surface area contributed by atoms with E-state index in [1.165, 1.54) is 6.42 Å². The summed E-state index contributed by atoms with van der Waals surface area (Å²) in [5.41, 5.74) is 1.13. The number of nitrogens with zero attached hydrogens (tertiary/aromatic N) is 2. The lowest BCUT2D eigenvalue weighted by Gasteiger charge is -2.36. The number of nitro benzene ring substituents is 1. The zero-order valence-electron chi connectivity index (χ0n) is 11.3. The highest BCUT2D eigenvalue weighted by atomic mass is 16.6. The lowest BCUT2D eigenvalue weighted by atomic mass is 10.0. The van der Waals surface area contributed by atoms with Crippen molar-refractivity contribution >= 4 is 11.4 Å². The van der Waals surface area contributed by atoms with Crippen molar-refractivity contribution < 1.29 is 4.92 Å². The molecule has 0 spiro atoms. The fourth-order valence-corrected chi connectivity index (χ4v) is 2.65. The Bertz CT molecular complexity index is 430. The van der Waals surface area contributed by atoms with E-state index >= 15 is 0 Å².